The van der Waals surface area contributed by atoms with Crippen LogP contribution in [0.4, 0.5) is 5.69 Å². The first-order chi connectivity index (χ1) is 11.4. The molecule has 0 saturated heterocycles. The SMILES string of the molecule is COC(=O)/C=C(/Nc1ccccc1C(=O)NCC(=O)O)C(=O)OC. The summed E-state index contributed by atoms with van der Waals surface area (Å²) in [4.78, 5) is 45.6. The quantitative estimate of drug-likeness (QED) is 0.473. The van der Waals surface area contributed by atoms with E-state index in [9.17, 15) is 19.2 Å². The average Bonchev–Trinajstić information content (AvgIpc) is 2.58. The molecule has 0 bridgehead atoms. The van der Waals surface area contributed by atoms with E-state index in [2.05, 4.69) is 20.1 Å². The number of carboxylic acids is 1. The first-order valence-corrected chi connectivity index (χ1v) is 6.63. The molecule has 24 heavy (non-hydrogen) atoms. The number of hydrogen-bond donors (Lipinski definition) is 3. The monoisotopic (exact) mass is 336 g/mol. The van der Waals surface area contributed by atoms with Gasteiger partial charge in [0.2, 0.25) is 0 Å². The van der Waals surface area contributed by atoms with Crippen LogP contribution in [0.25, 0.3) is 0 Å². The largest absolute Gasteiger partial charge is 0.480 e. The summed E-state index contributed by atoms with van der Waals surface area (Å²) in [6.07, 6.45) is 0.873. The highest BCUT2D eigenvalue weighted by molar-refractivity contribution is 6.04. The molecular weight excluding hydrogens is 320 g/mol. The second-order valence-electron chi connectivity index (χ2n) is 4.32. The molecular formula is C15H16N2O7. The number of hydrogen-bond acceptors (Lipinski definition) is 7. The summed E-state index contributed by atoms with van der Waals surface area (Å²) in [7, 11) is 2.27. The maximum atomic E-state index is 12.0. The standard InChI is InChI=1S/C15H16N2O7/c1-23-13(20)7-11(15(22)24-2)17-10-6-4-3-5-9(10)14(21)16-8-12(18)19/h3-7,17H,8H2,1-2H3,(H,16,21)(H,18,19)/b11-7+. The number of anilines is 1. The Hall–Kier alpha value is -3.36. The number of aliphatic carboxylic acids is 1. The Balaban J connectivity index is 3.10. The van der Waals surface area contributed by atoms with Gasteiger partial charge in [-0.1, -0.05) is 12.1 Å². The maximum Gasteiger partial charge on any atom is 0.354 e. The lowest BCUT2D eigenvalue weighted by Gasteiger charge is -2.13. The molecule has 0 aliphatic rings. The van der Waals surface area contributed by atoms with Gasteiger partial charge in [-0.3, -0.25) is 9.59 Å². The van der Waals surface area contributed by atoms with Gasteiger partial charge in [-0.2, -0.15) is 0 Å². The molecule has 0 aromatic heterocycles. The van der Waals surface area contributed by atoms with Gasteiger partial charge in [-0.15, -0.1) is 0 Å². The summed E-state index contributed by atoms with van der Waals surface area (Å²) < 4.78 is 9.00. The molecule has 0 spiro atoms. The predicted molar refractivity (Wildman–Crippen MR) is 82.1 cm³/mol. The van der Waals surface area contributed by atoms with Gasteiger partial charge in [0.15, 0.2) is 0 Å². The second-order valence-corrected chi connectivity index (χ2v) is 4.32. The van der Waals surface area contributed by atoms with Crippen molar-refractivity contribution in [3.8, 4) is 0 Å². The van der Waals surface area contributed by atoms with Crippen LogP contribution >= 0.6 is 0 Å². The van der Waals surface area contributed by atoms with Crippen LogP contribution < -0.4 is 10.6 Å². The summed E-state index contributed by atoms with van der Waals surface area (Å²) in [6, 6.07) is 6.04. The minimum Gasteiger partial charge on any atom is -0.480 e. The first kappa shape index (κ1) is 18.7. The average molecular weight is 336 g/mol. The van der Waals surface area contributed by atoms with E-state index in [0.717, 1.165) is 20.3 Å². The fraction of sp³-hybridized carbons (Fsp3) is 0.200. The number of carbonyl (C=O) groups is 4. The normalized spacial score (nSPS) is 10.5. The van der Waals surface area contributed by atoms with Crippen LogP contribution in [0.2, 0.25) is 0 Å². The molecule has 0 fully saturated rings. The fourth-order valence-electron chi connectivity index (χ4n) is 1.62. The lowest BCUT2D eigenvalue weighted by Crippen LogP contribution is -2.30. The van der Waals surface area contributed by atoms with E-state index in [4.69, 9.17) is 5.11 Å². The molecule has 1 rings (SSSR count). The van der Waals surface area contributed by atoms with Crippen LogP contribution in [0.3, 0.4) is 0 Å². The van der Waals surface area contributed by atoms with Crippen molar-refractivity contribution in [3.05, 3.63) is 41.6 Å². The van der Waals surface area contributed by atoms with E-state index in [1.54, 1.807) is 12.1 Å². The topological polar surface area (TPSA) is 131 Å². The predicted octanol–water partition coefficient (Wildman–Crippen LogP) is 0.143. The Morgan fingerprint density at radius 3 is 2.38 bits per heavy atom. The first-order valence-electron chi connectivity index (χ1n) is 6.63. The van der Waals surface area contributed by atoms with Gasteiger partial charge < -0.3 is 25.2 Å². The smallest absolute Gasteiger partial charge is 0.354 e. The zero-order valence-electron chi connectivity index (χ0n) is 13.0. The van der Waals surface area contributed by atoms with E-state index < -0.39 is 30.4 Å². The third-order valence-corrected chi connectivity index (χ3v) is 2.71. The molecule has 0 radical (unpaired) electrons. The Kier molecular flexibility index (Phi) is 6.96. The highest BCUT2D eigenvalue weighted by Gasteiger charge is 2.17. The molecule has 1 aromatic carbocycles. The third kappa shape index (κ3) is 5.44. The van der Waals surface area contributed by atoms with Crippen molar-refractivity contribution < 1.29 is 33.8 Å². The van der Waals surface area contributed by atoms with Crippen molar-refractivity contribution in [2.24, 2.45) is 0 Å². The summed E-state index contributed by atoms with van der Waals surface area (Å²) in [5.74, 6) is -3.51. The van der Waals surface area contributed by atoms with Gasteiger partial charge >= 0.3 is 17.9 Å². The second kappa shape index (κ2) is 8.93. The molecule has 1 aromatic rings. The van der Waals surface area contributed by atoms with E-state index in [-0.39, 0.29) is 16.9 Å². The molecule has 0 atom stereocenters. The van der Waals surface area contributed by atoms with Gasteiger partial charge in [0, 0.05) is 0 Å². The van der Waals surface area contributed by atoms with Crippen molar-refractivity contribution in [1.29, 1.82) is 0 Å². The lowest BCUT2D eigenvalue weighted by molar-refractivity contribution is -0.138. The van der Waals surface area contributed by atoms with E-state index in [0.29, 0.717) is 0 Å². The molecule has 9 heteroatoms. The Morgan fingerprint density at radius 2 is 1.79 bits per heavy atom. The number of para-hydroxylation sites is 1. The number of carbonyl (C=O) groups excluding carboxylic acids is 3. The number of esters is 2. The van der Waals surface area contributed by atoms with Crippen LogP contribution in [-0.4, -0.2) is 49.7 Å². The van der Waals surface area contributed by atoms with Gasteiger partial charge in [0.05, 0.1) is 31.5 Å². The lowest BCUT2D eigenvalue weighted by atomic mass is 10.1. The number of nitrogens with one attached hydrogen (secondary N) is 2. The summed E-state index contributed by atoms with van der Waals surface area (Å²) in [5, 5.41) is 13.4. The fourth-order valence-corrected chi connectivity index (χ4v) is 1.62. The number of carboxylic acid groups (broad SMARTS) is 1. The molecule has 9 nitrogen and oxygen atoms in total. The van der Waals surface area contributed by atoms with Crippen LogP contribution in [0.15, 0.2) is 36.0 Å². The van der Waals surface area contributed by atoms with Gasteiger partial charge in [-0.05, 0) is 12.1 Å². The zero-order chi connectivity index (χ0) is 18.1. The molecule has 128 valence electrons. The van der Waals surface area contributed by atoms with Crippen molar-refractivity contribution in [3.63, 3.8) is 0 Å². The van der Waals surface area contributed by atoms with Crippen LogP contribution in [0.5, 0.6) is 0 Å². The van der Waals surface area contributed by atoms with Crippen LogP contribution in [-0.2, 0) is 23.9 Å². The van der Waals surface area contributed by atoms with E-state index in [1.165, 1.54) is 12.1 Å². The summed E-state index contributed by atoms with van der Waals surface area (Å²) in [6.45, 7) is -0.560. The molecule has 1 amide bonds. The third-order valence-electron chi connectivity index (χ3n) is 2.71. The highest BCUT2D eigenvalue weighted by atomic mass is 16.5. The van der Waals surface area contributed by atoms with Crippen molar-refractivity contribution in [2.75, 3.05) is 26.1 Å². The highest BCUT2D eigenvalue weighted by Crippen LogP contribution is 2.17. The van der Waals surface area contributed by atoms with Crippen molar-refractivity contribution in [2.45, 2.75) is 0 Å². The summed E-state index contributed by atoms with van der Waals surface area (Å²) >= 11 is 0. The molecule has 0 aliphatic heterocycles. The zero-order valence-corrected chi connectivity index (χ0v) is 13.0. The van der Waals surface area contributed by atoms with Gasteiger partial charge in [0.25, 0.3) is 5.91 Å². The number of methoxy groups -OCH3 is 2. The number of rotatable bonds is 7. The number of benzene rings is 1. The van der Waals surface area contributed by atoms with Gasteiger partial charge in [0.1, 0.15) is 12.2 Å². The Labute approximate surface area is 137 Å². The van der Waals surface area contributed by atoms with Gasteiger partial charge in [-0.25, -0.2) is 9.59 Å². The van der Waals surface area contributed by atoms with Crippen LogP contribution in [0.1, 0.15) is 10.4 Å². The number of ether oxygens (including phenoxy) is 2. The maximum absolute atomic E-state index is 12.0. The molecule has 0 saturated carbocycles. The Bertz CT molecular complexity index is 682. The minimum atomic E-state index is -1.20. The van der Waals surface area contributed by atoms with E-state index >= 15 is 0 Å². The van der Waals surface area contributed by atoms with Crippen LogP contribution in [0, 0.1) is 0 Å². The van der Waals surface area contributed by atoms with Crippen molar-refractivity contribution in [1.82, 2.24) is 5.32 Å². The molecule has 3 N–H and O–H groups in total. The molecule has 0 heterocycles. The van der Waals surface area contributed by atoms with Crippen molar-refractivity contribution >= 4 is 29.5 Å². The summed E-state index contributed by atoms with van der Waals surface area (Å²) in [5.41, 5.74) is 0.0159. The Morgan fingerprint density at radius 1 is 1.12 bits per heavy atom. The van der Waals surface area contributed by atoms with E-state index in [1.807, 2.05) is 0 Å². The minimum absolute atomic E-state index is 0.0819. The number of amides is 1. The molecule has 0 aliphatic carbocycles. The molecule has 0 unspecified atom stereocenters.